The van der Waals surface area contributed by atoms with Crippen LogP contribution in [-0.2, 0) is 0 Å². The molecule has 1 aromatic rings. The largest absolute Gasteiger partial charge is 0.409 e. The summed E-state index contributed by atoms with van der Waals surface area (Å²) in [6.45, 7) is 4.67. The van der Waals surface area contributed by atoms with Crippen LogP contribution in [0.15, 0.2) is 17.5 Å². The van der Waals surface area contributed by atoms with Gasteiger partial charge in [0.05, 0.1) is 0 Å². The maximum Gasteiger partial charge on any atom is 0.192 e. The van der Waals surface area contributed by atoms with Crippen molar-refractivity contribution in [3.63, 3.8) is 0 Å². The molecule has 7 heteroatoms. The van der Waals surface area contributed by atoms with Crippen molar-refractivity contribution in [3.8, 4) is 0 Å². The van der Waals surface area contributed by atoms with E-state index in [1.165, 1.54) is 6.20 Å². The normalized spacial score (nSPS) is 11.9. The molecule has 0 saturated carbocycles. The summed E-state index contributed by atoms with van der Waals surface area (Å²) >= 11 is 0. The zero-order valence-corrected chi connectivity index (χ0v) is 11.7. The molecule has 0 fully saturated rings. The summed E-state index contributed by atoms with van der Waals surface area (Å²) < 4.78 is 0. The molecule has 1 rings (SSSR count). The first-order valence-corrected chi connectivity index (χ1v) is 6.28. The van der Waals surface area contributed by atoms with Crippen LogP contribution in [0.1, 0.15) is 19.0 Å². The van der Waals surface area contributed by atoms with Gasteiger partial charge in [0.25, 0.3) is 0 Å². The van der Waals surface area contributed by atoms with E-state index in [2.05, 4.69) is 24.9 Å². The van der Waals surface area contributed by atoms with E-state index in [0.717, 1.165) is 26.1 Å². The van der Waals surface area contributed by atoms with E-state index in [1.54, 1.807) is 6.20 Å². The molecular formula is C12H22N6O. The molecule has 0 radical (unpaired) electrons. The van der Waals surface area contributed by atoms with E-state index in [4.69, 9.17) is 10.9 Å². The van der Waals surface area contributed by atoms with Crippen molar-refractivity contribution in [2.75, 3.05) is 38.6 Å². The highest BCUT2D eigenvalue weighted by Gasteiger charge is 2.15. The Kier molecular flexibility index (Phi) is 6.01. The summed E-state index contributed by atoms with van der Waals surface area (Å²) in [5, 5.41) is 11.8. The highest BCUT2D eigenvalue weighted by Crippen LogP contribution is 2.14. The van der Waals surface area contributed by atoms with Crippen LogP contribution in [0.3, 0.4) is 0 Å². The topological polar surface area (TPSA) is 90.9 Å². The summed E-state index contributed by atoms with van der Waals surface area (Å²) in [5.74, 6) is 0.633. The van der Waals surface area contributed by atoms with Crippen LogP contribution in [0.2, 0.25) is 0 Å². The lowest BCUT2D eigenvalue weighted by Crippen LogP contribution is -2.31. The number of nitrogens with two attached hydrogens (primary N) is 1. The maximum atomic E-state index is 8.79. The fourth-order valence-corrected chi connectivity index (χ4v) is 1.78. The molecule has 1 heterocycles. The minimum Gasteiger partial charge on any atom is -0.409 e. The van der Waals surface area contributed by atoms with Gasteiger partial charge in [0.2, 0.25) is 0 Å². The highest BCUT2D eigenvalue weighted by molar-refractivity contribution is 5.99. The van der Waals surface area contributed by atoms with Gasteiger partial charge in [0.15, 0.2) is 17.3 Å². The monoisotopic (exact) mass is 266 g/mol. The zero-order chi connectivity index (χ0) is 14.3. The minimum absolute atomic E-state index is 0.0193. The van der Waals surface area contributed by atoms with E-state index in [9.17, 15) is 0 Å². The average Bonchev–Trinajstić information content (AvgIpc) is 2.42. The number of rotatable bonds is 7. The smallest absolute Gasteiger partial charge is 0.192 e. The predicted molar refractivity (Wildman–Crippen MR) is 75.6 cm³/mol. The number of hydrogen-bond donors (Lipinski definition) is 2. The Balaban J connectivity index is 2.86. The van der Waals surface area contributed by atoms with Crippen LogP contribution in [0.5, 0.6) is 0 Å². The second kappa shape index (κ2) is 7.52. The van der Waals surface area contributed by atoms with Gasteiger partial charge in [-0.15, -0.1) is 0 Å². The fourth-order valence-electron chi connectivity index (χ4n) is 1.78. The molecule has 19 heavy (non-hydrogen) atoms. The summed E-state index contributed by atoms with van der Waals surface area (Å²) in [5.41, 5.74) is 6.04. The van der Waals surface area contributed by atoms with Gasteiger partial charge >= 0.3 is 0 Å². The number of oxime groups is 1. The molecule has 7 nitrogen and oxygen atoms in total. The Morgan fingerprint density at radius 3 is 2.58 bits per heavy atom. The van der Waals surface area contributed by atoms with E-state index in [1.807, 2.05) is 21.0 Å². The minimum atomic E-state index is -0.0193. The van der Waals surface area contributed by atoms with E-state index >= 15 is 0 Å². The third-order valence-corrected chi connectivity index (χ3v) is 2.74. The SMILES string of the molecule is CCN(CCCN(C)C)c1nccnc1C(N)=NO. The molecular weight excluding hydrogens is 244 g/mol. The number of aromatic nitrogens is 2. The van der Waals surface area contributed by atoms with Gasteiger partial charge in [-0.25, -0.2) is 9.97 Å². The Morgan fingerprint density at radius 1 is 1.32 bits per heavy atom. The van der Waals surface area contributed by atoms with Crippen LogP contribution >= 0.6 is 0 Å². The van der Waals surface area contributed by atoms with Crippen molar-refractivity contribution < 1.29 is 5.21 Å². The second-order valence-corrected chi connectivity index (χ2v) is 4.45. The number of amidine groups is 1. The first-order valence-electron chi connectivity index (χ1n) is 6.28. The van der Waals surface area contributed by atoms with Crippen molar-refractivity contribution in [1.82, 2.24) is 14.9 Å². The van der Waals surface area contributed by atoms with Crippen molar-refractivity contribution in [2.45, 2.75) is 13.3 Å². The lowest BCUT2D eigenvalue weighted by molar-refractivity contribution is 0.318. The molecule has 0 spiro atoms. The lowest BCUT2D eigenvalue weighted by atomic mass is 10.3. The fraction of sp³-hybridized carbons (Fsp3) is 0.583. The van der Waals surface area contributed by atoms with Crippen LogP contribution in [0, 0.1) is 0 Å². The third kappa shape index (κ3) is 4.36. The molecule has 0 saturated heterocycles. The Labute approximate surface area is 113 Å². The second-order valence-electron chi connectivity index (χ2n) is 4.45. The summed E-state index contributed by atoms with van der Waals surface area (Å²) in [7, 11) is 4.08. The van der Waals surface area contributed by atoms with E-state index in [0.29, 0.717) is 11.5 Å². The van der Waals surface area contributed by atoms with Crippen LogP contribution < -0.4 is 10.6 Å². The number of anilines is 1. The molecule has 0 bridgehead atoms. The van der Waals surface area contributed by atoms with Gasteiger partial charge in [0, 0.05) is 25.5 Å². The average molecular weight is 266 g/mol. The van der Waals surface area contributed by atoms with Gasteiger partial charge in [-0.05, 0) is 34.0 Å². The van der Waals surface area contributed by atoms with Gasteiger partial charge in [0.1, 0.15) is 0 Å². The molecule has 0 aliphatic heterocycles. The highest BCUT2D eigenvalue weighted by atomic mass is 16.4. The molecule has 3 N–H and O–H groups in total. The Hall–Kier alpha value is -1.89. The number of nitrogens with zero attached hydrogens (tertiary/aromatic N) is 5. The van der Waals surface area contributed by atoms with Crippen molar-refractivity contribution in [1.29, 1.82) is 0 Å². The third-order valence-electron chi connectivity index (χ3n) is 2.74. The van der Waals surface area contributed by atoms with Crippen molar-refractivity contribution >= 4 is 11.7 Å². The molecule has 106 valence electrons. The zero-order valence-electron chi connectivity index (χ0n) is 11.7. The standard InChI is InChI=1S/C12H22N6O/c1-4-18(9-5-8-17(2)3)12-10(11(13)16-19)14-6-7-15-12/h6-7,19H,4-5,8-9H2,1-3H3,(H2,13,16). The molecule has 0 aliphatic rings. The molecule has 0 aromatic carbocycles. The molecule has 0 amide bonds. The lowest BCUT2D eigenvalue weighted by Gasteiger charge is -2.24. The first kappa shape index (κ1) is 15.2. The Morgan fingerprint density at radius 2 is 2.00 bits per heavy atom. The van der Waals surface area contributed by atoms with Crippen molar-refractivity contribution in [3.05, 3.63) is 18.1 Å². The van der Waals surface area contributed by atoms with E-state index < -0.39 is 0 Å². The van der Waals surface area contributed by atoms with Gasteiger partial charge in [-0.3, -0.25) is 0 Å². The van der Waals surface area contributed by atoms with Gasteiger partial charge in [-0.2, -0.15) is 0 Å². The molecule has 0 unspecified atom stereocenters. The first-order chi connectivity index (χ1) is 9.10. The summed E-state index contributed by atoms with van der Waals surface area (Å²) in [6.07, 6.45) is 4.15. The van der Waals surface area contributed by atoms with Crippen LogP contribution in [0.25, 0.3) is 0 Å². The van der Waals surface area contributed by atoms with Crippen LogP contribution in [-0.4, -0.2) is 59.6 Å². The van der Waals surface area contributed by atoms with Crippen LogP contribution in [0.4, 0.5) is 5.82 Å². The molecule has 0 aliphatic carbocycles. The van der Waals surface area contributed by atoms with Gasteiger partial charge in [-0.1, -0.05) is 5.16 Å². The Bertz CT molecular complexity index is 420. The van der Waals surface area contributed by atoms with Crippen molar-refractivity contribution in [2.24, 2.45) is 10.9 Å². The van der Waals surface area contributed by atoms with Gasteiger partial charge < -0.3 is 20.7 Å². The predicted octanol–water partition coefficient (Wildman–Crippen LogP) is 0.349. The van der Waals surface area contributed by atoms with E-state index in [-0.39, 0.29) is 5.84 Å². The maximum absolute atomic E-state index is 8.79. The quantitative estimate of drug-likeness (QED) is 0.320. The summed E-state index contributed by atoms with van der Waals surface area (Å²) in [6, 6.07) is 0. The molecule has 1 aromatic heterocycles. The molecule has 0 atom stereocenters. The number of hydrogen-bond acceptors (Lipinski definition) is 6. The summed E-state index contributed by atoms with van der Waals surface area (Å²) in [4.78, 5) is 12.6.